The average molecular weight is 488 g/mol. The Labute approximate surface area is 212 Å². The van der Waals surface area contributed by atoms with Gasteiger partial charge in [-0.3, -0.25) is 9.59 Å². The predicted molar refractivity (Wildman–Crippen MR) is 140 cm³/mol. The zero-order chi connectivity index (χ0) is 25.4. The van der Waals surface area contributed by atoms with Crippen LogP contribution in [0.25, 0.3) is 0 Å². The van der Waals surface area contributed by atoms with E-state index < -0.39 is 6.04 Å². The van der Waals surface area contributed by atoms with E-state index in [0.717, 1.165) is 31.4 Å². The van der Waals surface area contributed by atoms with Crippen LogP contribution in [-0.2, 0) is 11.3 Å². The van der Waals surface area contributed by atoms with Crippen LogP contribution in [0.1, 0.15) is 60.0 Å². The maximum atomic E-state index is 13.2. The molecule has 0 saturated heterocycles. The second-order valence-electron chi connectivity index (χ2n) is 9.74. The third-order valence-electron chi connectivity index (χ3n) is 6.93. The molecule has 1 aliphatic rings. The molecule has 5 nitrogen and oxygen atoms in total. The summed E-state index contributed by atoms with van der Waals surface area (Å²) in [6.07, 6.45) is 3.36. The minimum atomic E-state index is -0.647. The third kappa shape index (κ3) is 7.01. The number of amides is 2. The van der Waals surface area contributed by atoms with Crippen LogP contribution in [0.4, 0.5) is 4.39 Å². The highest BCUT2D eigenvalue weighted by molar-refractivity contribution is 5.97. The number of halogens is 1. The van der Waals surface area contributed by atoms with Gasteiger partial charge in [0.25, 0.3) is 5.91 Å². The monoisotopic (exact) mass is 487 g/mol. The van der Waals surface area contributed by atoms with Gasteiger partial charge in [-0.25, -0.2) is 4.39 Å². The molecule has 4 rings (SSSR count). The molecule has 1 fully saturated rings. The van der Waals surface area contributed by atoms with Gasteiger partial charge in [0.05, 0.1) is 0 Å². The maximum absolute atomic E-state index is 13.2. The van der Waals surface area contributed by atoms with Crippen molar-refractivity contribution in [2.75, 3.05) is 6.54 Å². The Morgan fingerprint density at radius 1 is 0.944 bits per heavy atom. The summed E-state index contributed by atoms with van der Waals surface area (Å²) in [4.78, 5) is 25.7. The number of carbonyl (C=O) groups excluding carboxylic acids is 2. The van der Waals surface area contributed by atoms with Crippen molar-refractivity contribution in [1.29, 1.82) is 0 Å². The number of unbranched alkanes of at least 4 members (excludes halogenated alkanes) is 1. The van der Waals surface area contributed by atoms with Gasteiger partial charge >= 0.3 is 0 Å². The summed E-state index contributed by atoms with van der Waals surface area (Å²) in [7, 11) is 0. The first-order valence-corrected chi connectivity index (χ1v) is 12.6. The number of benzene rings is 3. The van der Waals surface area contributed by atoms with Crippen molar-refractivity contribution in [3.05, 3.63) is 107 Å². The smallest absolute Gasteiger partial charge is 0.251 e. The van der Waals surface area contributed by atoms with Crippen molar-refractivity contribution in [2.45, 2.75) is 56.7 Å². The first kappa shape index (κ1) is 25.6. The summed E-state index contributed by atoms with van der Waals surface area (Å²) in [6.45, 7) is 3.39. The fourth-order valence-electron chi connectivity index (χ4n) is 4.59. The summed E-state index contributed by atoms with van der Waals surface area (Å²) in [5, 5.41) is 9.46. The molecule has 188 valence electrons. The van der Waals surface area contributed by atoms with Gasteiger partial charge in [-0.1, -0.05) is 60.7 Å². The lowest BCUT2D eigenvalue weighted by Gasteiger charge is -2.19. The highest BCUT2D eigenvalue weighted by Crippen LogP contribution is 2.50. The summed E-state index contributed by atoms with van der Waals surface area (Å²) in [6, 6.07) is 24.8. The Balaban J connectivity index is 1.27. The zero-order valence-electron chi connectivity index (χ0n) is 20.7. The van der Waals surface area contributed by atoms with E-state index in [0.29, 0.717) is 17.9 Å². The SMILES string of the molecule is CC1(NCCCCC(NC(=O)c2ccccc2)C(=O)NCc2ccc(F)cc2)CC1c1ccccc1. The van der Waals surface area contributed by atoms with Crippen LogP contribution in [0.15, 0.2) is 84.9 Å². The highest BCUT2D eigenvalue weighted by atomic mass is 19.1. The van der Waals surface area contributed by atoms with Gasteiger partial charge in [0.15, 0.2) is 0 Å². The third-order valence-corrected chi connectivity index (χ3v) is 6.93. The fourth-order valence-corrected chi connectivity index (χ4v) is 4.59. The molecule has 0 bridgehead atoms. The van der Waals surface area contributed by atoms with Gasteiger partial charge in [0.1, 0.15) is 11.9 Å². The predicted octanol–water partition coefficient (Wildman–Crippen LogP) is 4.95. The van der Waals surface area contributed by atoms with Crippen LogP contribution >= 0.6 is 0 Å². The lowest BCUT2D eigenvalue weighted by molar-refractivity contribution is -0.123. The van der Waals surface area contributed by atoms with Crippen LogP contribution in [0.3, 0.4) is 0 Å². The topological polar surface area (TPSA) is 70.2 Å². The van der Waals surface area contributed by atoms with Crippen LogP contribution in [0, 0.1) is 5.82 Å². The first-order chi connectivity index (χ1) is 17.4. The molecule has 0 aliphatic heterocycles. The molecule has 0 spiro atoms. The van der Waals surface area contributed by atoms with E-state index in [1.165, 1.54) is 17.7 Å². The number of carbonyl (C=O) groups is 2. The maximum Gasteiger partial charge on any atom is 0.251 e. The number of hydrogen-bond donors (Lipinski definition) is 3. The van der Waals surface area contributed by atoms with E-state index in [2.05, 4.69) is 47.1 Å². The minimum absolute atomic E-state index is 0.120. The van der Waals surface area contributed by atoms with E-state index in [-0.39, 0.29) is 29.7 Å². The second kappa shape index (κ2) is 12.0. The zero-order valence-corrected chi connectivity index (χ0v) is 20.7. The lowest BCUT2D eigenvalue weighted by atomic mass is 10.1. The van der Waals surface area contributed by atoms with Crippen molar-refractivity contribution in [1.82, 2.24) is 16.0 Å². The summed E-state index contributed by atoms with van der Waals surface area (Å²) < 4.78 is 13.2. The Bertz CT molecular complexity index is 1140. The number of hydrogen-bond acceptors (Lipinski definition) is 3. The molecule has 1 aliphatic carbocycles. The minimum Gasteiger partial charge on any atom is -0.350 e. The van der Waals surface area contributed by atoms with Gasteiger partial charge < -0.3 is 16.0 Å². The Kier molecular flexibility index (Phi) is 8.49. The van der Waals surface area contributed by atoms with E-state index in [1.807, 2.05) is 12.1 Å². The lowest BCUT2D eigenvalue weighted by Crippen LogP contribution is -2.46. The summed E-state index contributed by atoms with van der Waals surface area (Å²) >= 11 is 0. The molecule has 3 aromatic rings. The standard InChI is InChI=1S/C30H34FN3O2/c1-30(20-26(30)23-10-4-2-5-11-23)33-19-9-8-14-27(34-28(35)24-12-6-3-7-13-24)29(36)32-21-22-15-17-25(31)18-16-22/h2-7,10-13,15-18,26-27,33H,8-9,14,19-21H2,1H3,(H,32,36)(H,34,35). The van der Waals surface area contributed by atoms with Crippen LogP contribution in [0.5, 0.6) is 0 Å². The number of rotatable bonds is 12. The molecule has 0 radical (unpaired) electrons. The Morgan fingerprint density at radius 2 is 1.61 bits per heavy atom. The van der Waals surface area contributed by atoms with Crippen molar-refractivity contribution < 1.29 is 14.0 Å². The molecule has 6 heteroatoms. The van der Waals surface area contributed by atoms with Crippen LogP contribution in [0.2, 0.25) is 0 Å². The first-order valence-electron chi connectivity index (χ1n) is 12.6. The van der Waals surface area contributed by atoms with Crippen molar-refractivity contribution in [2.24, 2.45) is 0 Å². The Morgan fingerprint density at radius 3 is 2.31 bits per heavy atom. The molecular weight excluding hydrogens is 453 g/mol. The molecule has 3 atom stereocenters. The molecule has 36 heavy (non-hydrogen) atoms. The highest BCUT2D eigenvalue weighted by Gasteiger charge is 2.50. The van der Waals surface area contributed by atoms with E-state index in [4.69, 9.17) is 0 Å². The number of nitrogens with one attached hydrogen (secondary N) is 3. The van der Waals surface area contributed by atoms with E-state index in [9.17, 15) is 14.0 Å². The molecular formula is C30H34FN3O2. The van der Waals surface area contributed by atoms with Gasteiger partial charge in [-0.05, 0) is 74.5 Å². The largest absolute Gasteiger partial charge is 0.350 e. The second-order valence-corrected chi connectivity index (χ2v) is 9.74. The summed E-state index contributed by atoms with van der Waals surface area (Å²) in [5.41, 5.74) is 2.81. The van der Waals surface area contributed by atoms with E-state index >= 15 is 0 Å². The Hall–Kier alpha value is -3.51. The van der Waals surface area contributed by atoms with Gasteiger partial charge in [-0.2, -0.15) is 0 Å². The van der Waals surface area contributed by atoms with E-state index in [1.54, 1.807) is 36.4 Å². The molecule has 3 aromatic carbocycles. The van der Waals surface area contributed by atoms with Crippen molar-refractivity contribution in [3.63, 3.8) is 0 Å². The molecule has 0 heterocycles. The van der Waals surface area contributed by atoms with Crippen LogP contribution < -0.4 is 16.0 Å². The van der Waals surface area contributed by atoms with Gasteiger partial charge in [0, 0.05) is 23.6 Å². The van der Waals surface area contributed by atoms with Gasteiger partial charge in [-0.15, -0.1) is 0 Å². The quantitative estimate of drug-likeness (QED) is 0.317. The van der Waals surface area contributed by atoms with Gasteiger partial charge in [0.2, 0.25) is 5.91 Å². The van der Waals surface area contributed by atoms with Crippen LogP contribution in [-0.4, -0.2) is 29.9 Å². The normalized spacial score (nSPS) is 19.3. The van der Waals surface area contributed by atoms with Crippen molar-refractivity contribution >= 4 is 11.8 Å². The summed E-state index contributed by atoms with van der Waals surface area (Å²) in [5.74, 6) is -0.294. The molecule has 1 saturated carbocycles. The molecule has 0 aromatic heterocycles. The van der Waals surface area contributed by atoms with Crippen molar-refractivity contribution in [3.8, 4) is 0 Å². The average Bonchev–Trinajstić information content (AvgIpc) is 3.59. The fraction of sp³-hybridized carbons (Fsp3) is 0.333. The molecule has 2 amide bonds. The molecule has 3 N–H and O–H groups in total. The molecule has 3 unspecified atom stereocenters.